The second-order valence-corrected chi connectivity index (χ2v) is 29.9. The molecule has 1 aromatic carbocycles. The number of aliphatic hydroxyl groups is 5. The van der Waals surface area contributed by atoms with E-state index < -0.39 is 168 Å². The first kappa shape index (κ1) is 85.6. The molecular weight excluding hydrogens is 1430 g/mol. The number of nitrogens with two attached hydrogens (primary N) is 1. The number of nitrogens with zero attached hydrogens (tertiary/aromatic N) is 3. The number of allylic oxidation sites excluding steroid dienone is 4. The zero-order valence-electron chi connectivity index (χ0n) is 63.0. The number of hydrogen-bond donors (Lipinski definition) is 11. The molecule has 0 spiro atoms. The number of alkyl halides is 1. The number of rotatable bonds is 39. The van der Waals surface area contributed by atoms with Crippen LogP contribution in [0.15, 0.2) is 70.3 Å². The highest BCUT2D eigenvalue weighted by atomic mass is 19.1. The number of fused-ring (bicyclic) bond motifs is 7. The van der Waals surface area contributed by atoms with Crippen molar-refractivity contribution in [2.24, 2.45) is 44.5 Å². The molecule has 5 aliphatic carbocycles. The van der Waals surface area contributed by atoms with E-state index in [9.17, 15) is 68.7 Å². The summed E-state index contributed by atoms with van der Waals surface area (Å²) in [5, 5.41) is 70.9. The van der Waals surface area contributed by atoms with E-state index in [1.807, 2.05) is 13.8 Å². The van der Waals surface area contributed by atoms with Crippen molar-refractivity contribution in [1.29, 1.82) is 0 Å². The molecule has 6 fully saturated rings. The highest BCUT2D eigenvalue weighted by Crippen LogP contribution is 2.72. The Labute approximate surface area is 633 Å². The summed E-state index contributed by atoms with van der Waals surface area (Å²) >= 11 is 0. The summed E-state index contributed by atoms with van der Waals surface area (Å²) in [4.78, 5) is 125. The maximum absolute atomic E-state index is 18.1. The smallest absolute Gasteiger partial charge is 0.253 e. The monoisotopic (exact) mass is 1540 g/mol. The molecule has 0 aromatic heterocycles. The molecule has 32 nitrogen and oxygen atoms in total. The molecule has 2 saturated heterocycles. The number of halogens is 1. The molecule has 12 N–H and O–H groups in total. The van der Waals surface area contributed by atoms with Gasteiger partial charge in [-0.1, -0.05) is 58.6 Å². The van der Waals surface area contributed by atoms with Gasteiger partial charge in [-0.2, -0.15) is 5.10 Å². The van der Waals surface area contributed by atoms with Crippen molar-refractivity contribution in [3.8, 4) is 5.75 Å². The molecule has 4 saturated carbocycles. The number of Topliss-reactive ketones (excluding diaryl/α,β-unsaturated/α-hetero) is 1. The first-order chi connectivity index (χ1) is 52.1. The van der Waals surface area contributed by atoms with Gasteiger partial charge in [-0.05, 0) is 133 Å². The van der Waals surface area contributed by atoms with Gasteiger partial charge in [0.2, 0.25) is 35.3 Å². The van der Waals surface area contributed by atoms with Crippen LogP contribution >= 0.6 is 0 Å². The molecule has 2 unspecified atom stereocenters. The quantitative estimate of drug-likeness (QED) is 0.0193. The van der Waals surface area contributed by atoms with E-state index >= 15 is 4.39 Å². The number of benzene rings is 1. The summed E-state index contributed by atoms with van der Waals surface area (Å²) < 4.78 is 71.2. The fourth-order valence-electron chi connectivity index (χ4n) is 16.4. The van der Waals surface area contributed by atoms with Crippen LogP contribution in [0.2, 0.25) is 0 Å². The molecule has 0 radical (unpaired) electrons. The zero-order valence-corrected chi connectivity index (χ0v) is 63.0. The van der Waals surface area contributed by atoms with Crippen LogP contribution in [0.25, 0.3) is 0 Å². The Bertz CT molecular complexity index is 3510. The van der Waals surface area contributed by atoms with Gasteiger partial charge in [0.05, 0.1) is 83.9 Å². The first-order valence-corrected chi connectivity index (χ1v) is 38.1. The molecule has 3 heterocycles. The van der Waals surface area contributed by atoms with Crippen LogP contribution in [0.5, 0.6) is 5.75 Å². The van der Waals surface area contributed by atoms with Gasteiger partial charge in [0.25, 0.3) is 11.8 Å². The van der Waals surface area contributed by atoms with Gasteiger partial charge < -0.3 is 101 Å². The van der Waals surface area contributed by atoms with E-state index in [2.05, 4.69) is 36.7 Å². The van der Waals surface area contributed by atoms with E-state index in [0.29, 0.717) is 87.6 Å². The van der Waals surface area contributed by atoms with Gasteiger partial charge in [-0.15, -0.1) is 0 Å². The lowest BCUT2D eigenvalue weighted by atomic mass is 9.44. The zero-order chi connectivity index (χ0) is 78.8. The first-order valence-electron chi connectivity index (χ1n) is 38.1. The number of carbonyl (C=O) groups is 9. The highest BCUT2D eigenvalue weighted by molar-refractivity contribution is 6.44. The fourth-order valence-corrected chi connectivity index (χ4v) is 16.4. The van der Waals surface area contributed by atoms with Crippen LogP contribution in [0, 0.1) is 28.6 Å². The van der Waals surface area contributed by atoms with Crippen LogP contribution in [0.1, 0.15) is 138 Å². The number of anilines is 1. The lowest BCUT2D eigenvalue weighted by Crippen LogP contribution is -2.69. The van der Waals surface area contributed by atoms with Gasteiger partial charge in [0, 0.05) is 47.6 Å². The van der Waals surface area contributed by atoms with Gasteiger partial charge in [0.15, 0.2) is 29.6 Å². The lowest BCUT2D eigenvalue weighted by molar-refractivity contribution is -0.230. The second kappa shape index (κ2) is 39.2. The lowest BCUT2D eigenvalue weighted by Gasteiger charge is -2.62. The maximum atomic E-state index is 18.1. The van der Waals surface area contributed by atoms with Crippen molar-refractivity contribution in [3.05, 3.63) is 60.2 Å². The second-order valence-electron chi connectivity index (χ2n) is 29.9. The van der Waals surface area contributed by atoms with Crippen LogP contribution in [-0.4, -0.2) is 265 Å². The van der Waals surface area contributed by atoms with Crippen molar-refractivity contribution >= 4 is 70.0 Å². The normalized spacial score (nSPS) is 31.5. The topological polar surface area (TPSA) is 452 Å². The molecule has 18 atom stereocenters. The molecule has 8 aliphatic rings. The van der Waals surface area contributed by atoms with Gasteiger partial charge in [-0.3, -0.25) is 53.0 Å². The number of amides is 7. The summed E-state index contributed by atoms with van der Waals surface area (Å²) in [5.74, 6) is 0.0739. The van der Waals surface area contributed by atoms with E-state index in [1.54, 1.807) is 51.1 Å². The van der Waals surface area contributed by atoms with Crippen molar-refractivity contribution in [2.45, 2.75) is 222 Å². The molecular formula is C76H110FN9O23. The predicted octanol–water partition coefficient (Wildman–Crippen LogP) is 1.54. The number of ether oxygens (including phenoxy) is 9. The van der Waals surface area contributed by atoms with Crippen LogP contribution in [-0.2, 0) is 81.0 Å². The number of unbranched alkanes of at least 4 members (excludes halogenated alkanes) is 1. The standard InChI is InChI=1S/C76H110FN9O23/c1-7-13-63-108-58-39-51-50-22-17-46-38-48(88)25-27-73(46,5)75(50,77)56(89)40-74(51,6)76(58,109-63)57(90)42-105-49-20-18-47(19-21-49)81-69(98)45(4)80-71(100)64(44(2)3)84-70(99)53(82-59(91)26-30-101-32-34-103-36-37-104-35-33-102-31-29-86-61(93)23-24-62(86)94)15-11-12-28-79-60(92)43-106-54-16-10-8-9-14-52(65(54)85-78)83-72-68(97)67(96)66(95)55(41-87)107-72/h18-21,23-25,27,38,44-45,50-51,53-56,58,63-64,66-68,72,87,89,95-97H,7-17,22,26,28-37,39-43,78H2,1-6H3,(H,79,92)(H,80,100)(H,81,98)(H,82,91)(H,84,99)/t45-,50-,51-,53+,54?,55+,56-,58+,63?,64-,66-,67-,68+,72+,73-,74-,75-,76+/m0/s1. The number of nitrogens with one attached hydrogen (secondary N) is 5. The summed E-state index contributed by atoms with van der Waals surface area (Å²) in [5.41, 5.74) is -4.51. The summed E-state index contributed by atoms with van der Waals surface area (Å²) in [6.45, 7) is 10.7. The summed E-state index contributed by atoms with van der Waals surface area (Å²) in [6, 6.07) is 2.69. The van der Waals surface area contributed by atoms with Crippen molar-refractivity contribution < 1.29 is 116 Å². The average molecular weight is 1540 g/mol. The van der Waals surface area contributed by atoms with Crippen molar-refractivity contribution in [2.75, 3.05) is 91.1 Å². The number of hydrogen-bond acceptors (Lipinski definition) is 26. The fraction of sp³-hybridized carbons (Fsp3) is 0.697. The summed E-state index contributed by atoms with van der Waals surface area (Å²) in [7, 11) is 0. The Morgan fingerprint density at radius 1 is 0.761 bits per heavy atom. The number of aliphatic hydroxyl groups excluding tert-OH is 5. The molecule has 33 heteroatoms. The van der Waals surface area contributed by atoms with Crippen molar-refractivity contribution in [3.63, 3.8) is 0 Å². The maximum Gasteiger partial charge on any atom is 0.253 e. The number of carbonyl (C=O) groups excluding carboxylic acids is 9. The van der Waals surface area contributed by atoms with Gasteiger partial charge in [-0.25, -0.2) is 4.39 Å². The Morgan fingerprint density at radius 2 is 1.45 bits per heavy atom. The van der Waals surface area contributed by atoms with Crippen LogP contribution in [0.3, 0.4) is 0 Å². The Morgan fingerprint density at radius 3 is 2.12 bits per heavy atom. The molecule has 3 aliphatic heterocycles. The molecule has 109 heavy (non-hydrogen) atoms. The highest BCUT2D eigenvalue weighted by Gasteiger charge is 2.79. The van der Waals surface area contributed by atoms with Crippen LogP contribution in [0.4, 0.5) is 10.1 Å². The average Bonchev–Trinajstić information content (AvgIpc) is 1.53. The minimum Gasteiger partial charge on any atom is -0.486 e. The van der Waals surface area contributed by atoms with Crippen molar-refractivity contribution in [1.82, 2.24) is 26.2 Å². The number of ketones is 2. The molecule has 604 valence electrons. The van der Waals surface area contributed by atoms with Crippen LogP contribution < -0.4 is 37.2 Å². The number of hydrazone groups is 1. The van der Waals surface area contributed by atoms with E-state index in [-0.39, 0.29) is 114 Å². The third-order valence-corrected chi connectivity index (χ3v) is 22.4. The molecule has 1 aromatic rings. The molecule has 9 rings (SSSR count). The Hall–Kier alpha value is -7.38. The Kier molecular flexibility index (Phi) is 30.8. The Balaban J connectivity index is 0.751. The molecule has 7 amide bonds. The third kappa shape index (κ3) is 20.1. The SMILES string of the molecule is CCCC1O[C@@H]2C[C@H]3[C@@H]4CCC5=CC(=O)C=C[C@]5(C)[C@@]4(F)[C@@H](O)C[C@]3(C)[C@]2(C(=O)COc2ccc(NC(=O)[C@H](C)NC(=O)[C@@H](NC(=O)[C@@H](CCCCNC(=O)COC3CCCCCC(=N[C@@H]4O[C@H](CO)[C@H](O)[C@H](O)[C@H]4O)C3=NN)NC(=O)CCOCCOCCOCCOCCN3C(=O)C=CC3=O)C(C)C)cc2)O1. The number of aliphatic imine (C=N–C) groups is 1. The van der Waals surface area contributed by atoms with E-state index in [0.717, 1.165) is 11.3 Å². The van der Waals surface area contributed by atoms with E-state index in [4.69, 9.17) is 48.5 Å². The third-order valence-electron chi connectivity index (χ3n) is 22.4. The van der Waals surface area contributed by atoms with Gasteiger partial charge >= 0.3 is 0 Å². The predicted molar refractivity (Wildman–Crippen MR) is 389 cm³/mol. The summed E-state index contributed by atoms with van der Waals surface area (Å²) in [6.07, 6.45) is 1.34. The number of imide groups is 1. The minimum atomic E-state index is -2.12. The largest absolute Gasteiger partial charge is 0.486 e. The van der Waals surface area contributed by atoms with E-state index in [1.165, 1.54) is 31.2 Å². The molecule has 0 bridgehead atoms. The van der Waals surface area contributed by atoms with Gasteiger partial charge in [0.1, 0.15) is 73.3 Å². The minimum absolute atomic E-state index is 0.0343.